The Kier molecular flexibility index (Phi) is 16.4. The van der Waals surface area contributed by atoms with Gasteiger partial charge in [0.25, 0.3) is 0 Å². The lowest BCUT2D eigenvalue weighted by atomic mass is 9.78. The molecule has 0 aliphatic heterocycles. The van der Waals surface area contributed by atoms with E-state index >= 15 is 0 Å². The summed E-state index contributed by atoms with van der Waals surface area (Å²) in [4.78, 5) is 0. The molecule has 0 bridgehead atoms. The van der Waals surface area contributed by atoms with Crippen LogP contribution in [0.15, 0.2) is 12.1 Å². The molecular weight excluding hydrogens is 558 g/mol. The van der Waals surface area contributed by atoms with E-state index < -0.39 is 20.6 Å². The molecule has 1 aromatic rings. The summed E-state index contributed by atoms with van der Waals surface area (Å²) in [5.41, 5.74) is 1.64. The first-order chi connectivity index (χ1) is 19.1. The topological polar surface area (TPSA) is 91.3 Å². The highest BCUT2D eigenvalue weighted by Crippen LogP contribution is 2.71. The standard InChI is InChI=1S/C32H60O7P2/c1-11-15-19-36-40(34,37-20-16-12-2)29(41(35,38-21-17-13-3)39-22-18-14-4)25-26-23-27(31(5,6)7)30(33)28(24-26)32(8,9)10/h23-24,29,33H,11-22,25H2,1-10H3. The Morgan fingerprint density at radius 2 is 0.927 bits per heavy atom. The summed E-state index contributed by atoms with van der Waals surface area (Å²) in [5, 5.41) is 10.2. The Labute approximate surface area is 251 Å². The highest BCUT2D eigenvalue weighted by atomic mass is 31.2. The number of phenols is 1. The van der Waals surface area contributed by atoms with Crippen LogP contribution in [0.25, 0.3) is 0 Å². The SMILES string of the molecule is CCCCOP(=O)(OCCCC)C(Cc1cc(C(C)(C)C)c(O)c(C(C)(C)C)c1)P(=O)(OCCCC)OCCCC. The minimum atomic E-state index is -3.97. The quantitative estimate of drug-likeness (QED) is 0.115. The fourth-order valence-corrected chi connectivity index (χ4v) is 9.75. The highest BCUT2D eigenvalue weighted by molar-refractivity contribution is 7.72. The lowest BCUT2D eigenvalue weighted by Crippen LogP contribution is -2.23. The molecule has 0 radical (unpaired) electrons. The molecule has 0 aliphatic carbocycles. The fraction of sp³-hybridized carbons (Fsp3) is 0.812. The molecule has 0 aromatic heterocycles. The summed E-state index contributed by atoms with van der Waals surface area (Å²) in [5.74, 6) is 0.258. The third kappa shape index (κ3) is 12.1. The second-order valence-corrected chi connectivity index (χ2v) is 17.9. The largest absolute Gasteiger partial charge is 0.507 e. The second kappa shape index (κ2) is 17.6. The van der Waals surface area contributed by atoms with Crippen LogP contribution in [-0.4, -0.2) is 36.9 Å². The zero-order valence-corrected chi connectivity index (χ0v) is 29.5. The van der Waals surface area contributed by atoms with Crippen molar-refractivity contribution < 1.29 is 32.3 Å². The first-order valence-corrected chi connectivity index (χ1v) is 19.0. The van der Waals surface area contributed by atoms with E-state index in [9.17, 15) is 14.2 Å². The molecule has 1 aromatic carbocycles. The van der Waals surface area contributed by atoms with Crippen molar-refractivity contribution in [1.82, 2.24) is 0 Å². The maximum absolute atomic E-state index is 14.8. The zero-order valence-electron chi connectivity index (χ0n) is 27.7. The molecule has 0 fully saturated rings. The molecule has 0 unspecified atom stereocenters. The van der Waals surface area contributed by atoms with Gasteiger partial charge in [-0.2, -0.15) is 0 Å². The van der Waals surface area contributed by atoms with Gasteiger partial charge in [-0.15, -0.1) is 0 Å². The van der Waals surface area contributed by atoms with E-state index in [1.807, 2.05) is 39.8 Å². The van der Waals surface area contributed by atoms with Gasteiger partial charge in [0.2, 0.25) is 0 Å². The van der Waals surface area contributed by atoms with Crippen molar-refractivity contribution in [2.75, 3.05) is 26.4 Å². The van der Waals surface area contributed by atoms with Crippen LogP contribution >= 0.6 is 15.2 Å². The molecular formula is C32H60O7P2. The predicted molar refractivity (Wildman–Crippen MR) is 172 cm³/mol. The molecule has 1 rings (SSSR count). The van der Waals surface area contributed by atoms with Crippen molar-refractivity contribution in [3.8, 4) is 5.75 Å². The van der Waals surface area contributed by atoms with Gasteiger partial charge in [-0.25, -0.2) is 0 Å². The number of hydrogen-bond acceptors (Lipinski definition) is 7. The van der Waals surface area contributed by atoms with Gasteiger partial charge in [0.05, 0.1) is 26.4 Å². The first kappa shape index (κ1) is 38.3. The van der Waals surface area contributed by atoms with Crippen LogP contribution in [0.4, 0.5) is 0 Å². The second-order valence-electron chi connectivity index (χ2n) is 13.1. The first-order valence-electron chi connectivity index (χ1n) is 15.7. The smallest absolute Gasteiger partial charge is 0.346 e. The van der Waals surface area contributed by atoms with Gasteiger partial charge < -0.3 is 23.2 Å². The molecule has 0 spiro atoms. The van der Waals surface area contributed by atoms with E-state index in [4.69, 9.17) is 18.1 Å². The van der Waals surface area contributed by atoms with Gasteiger partial charge in [0.15, 0.2) is 5.40 Å². The van der Waals surface area contributed by atoms with Crippen LogP contribution < -0.4 is 0 Å². The van der Waals surface area contributed by atoms with Crippen molar-refractivity contribution in [3.63, 3.8) is 0 Å². The lowest BCUT2D eigenvalue weighted by molar-refractivity contribution is 0.176. The van der Waals surface area contributed by atoms with Gasteiger partial charge in [-0.05, 0) is 59.6 Å². The third-order valence-corrected chi connectivity index (χ3v) is 12.7. The summed E-state index contributed by atoms with van der Waals surface area (Å²) in [6, 6.07) is 3.87. The Hall–Kier alpha value is -0.680. The van der Waals surface area contributed by atoms with Crippen LogP contribution in [0.2, 0.25) is 0 Å². The number of aromatic hydroxyl groups is 1. The van der Waals surface area contributed by atoms with E-state index in [1.165, 1.54) is 0 Å². The lowest BCUT2D eigenvalue weighted by Gasteiger charge is -2.33. The fourth-order valence-electron chi connectivity index (χ4n) is 4.33. The van der Waals surface area contributed by atoms with Crippen molar-refractivity contribution in [3.05, 3.63) is 28.8 Å². The highest BCUT2D eigenvalue weighted by Gasteiger charge is 2.51. The van der Waals surface area contributed by atoms with Crippen LogP contribution in [0, 0.1) is 0 Å². The van der Waals surface area contributed by atoms with E-state index in [2.05, 4.69) is 41.5 Å². The molecule has 0 saturated heterocycles. The van der Waals surface area contributed by atoms with Crippen molar-refractivity contribution in [1.29, 1.82) is 0 Å². The van der Waals surface area contributed by atoms with Crippen molar-refractivity contribution in [2.24, 2.45) is 0 Å². The molecule has 0 amide bonds. The molecule has 0 atom stereocenters. The van der Waals surface area contributed by atoms with E-state index in [-0.39, 0.29) is 49.4 Å². The van der Waals surface area contributed by atoms with Crippen LogP contribution in [0.1, 0.15) is 137 Å². The van der Waals surface area contributed by atoms with Gasteiger partial charge in [-0.3, -0.25) is 9.13 Å². The van der Waals surface area contributed by atoms with E-state index in [0.29, 0.717) is 25.7 Å². The zero-order chi connectivity index (χ0) is 31.3. The minimum Gasteiger partial charge on any atom is -0.507 e. The minimum absolute atomic E-state index is 0.109. The molecule has 9 heteroatoms. The van der Waals surface area contributed by atoms with Gasteiger partial charge in [0, 0.05) is 0 Å². The normalized spacial score (nSPS) is 13.3. The Balaban J connectivity index is 3.88. The number of phenolic OH excluding ortho intramolecular Hbond substituents is 1. The number of rotatable bonds is 20. The van der Waals surface area contributed by atoms with Gasteiger partial charge >= 0.3 is 15.2 Å². The molecule has 41 heavy (non-hydrogen) atoms. The van der Waals surface area contributed by atoms with Gasteiger partial charge in [-0.1, -0.05) is 107 Å². The maximum atomic E-state index is 14.8. The molecule has 0 saturated carbocycles. The summed E-state index contributed by atoms with van der Waals surface area (Å²) in [7, 11) is -7.94. The number of unbranched alkanes of at least 4 members (excludes halogenated alkanes) is 4. The van der Waals surface area contributed by atoms with Crippen LogP contribution in [-0.2, 0) is 44.5 Å². The number of benzene rings is 1. The van der Waals surface area contributed by atoms with Crippen LogP contribution in [0.3, 0.4) is 0 Å². The average molecular weight is 619 g/mol. The average Bonchev–Trinajstić information content (AvgIpc) is 2.87. The summed E-state index contributed by atoms with van der Waals surface area (Å²) in [6.07, 6.45) is 6.36. The summed E-state index contributed by atoms with van der Waals surface area (Å²) < 4.78 is 53.9. The van der Waals surface area contributed by atoms with Crippen molar-refractivity contribution >= 4 is 15.2 Å². The molecule has 0 aliphatic rings. The predicted octanol–water partition coefficient (Wildman–Crippen LogP) is 10.5. The van der Waals surface area contributed by atoms with E-state index in [0.717, 1.165) is 42.4 Å². The third-order valence-electron chi connectivity index (χ3n) is 7.01. The maximum Gasteiger partial charge on any atom is 0.346 e. The van der Waals surface area contributed by atoms with Gasteiger partial charge in [0.1, 0.15) is 5.75 Å². The molecule has 0 heterocycles. The molecule has 1 N–H and O–H groups in total. The Morgan fingerprint density at radius 1 is 0.634 bits per heavy atom. The summed E-state index contributed by atoms with van der Waals surface area (Å²) in [6.45, 7) is 21.4. The Bertz CT molecular complexity index is 894. The van der Waals surface area contributed by atoms with Crippen molar-refractivity contribution in [2.45, 2.75) is 143 Å². The summed E-state index contributed by atoms with van der Waals surface area (Å²) >= 11 is 0. The number of hydrogen-bond donors (Lipinski definition) is 1. The monoisotopic (exact) mass is 618 g/mol. The molecule has 240 valence electrons. The Morgan fingerprint density at radius 3 is 1.17 bits per heavy atom. The van der Waals surface area contributed by atoms with E-state index in [1.54, 1.807) is 0 Å². The van der Waals surface area contributed by atoms with Crippen LogP contribution in [0.5, 0.6) is 5.75 Å². The molecule has 7 nitrogen and oxygen atoms in total.